The van der Waals surface area contributed by atoms with Crippen molar-refractivity contribution in [2.24, 2.45) is 0 Å². The molecule has 1 saturated heterocycles. The van der Waals surface area contributed by atoms with Gasteiger partial charge < -0.3 is 20.3 Å². The molecule has 1 aliphatic heterocycles. The summed E-state index contributed by atoms with van der Waals surface area (Å²) in [7, 11) is 3.50. The van der Waals surface area contributed by atoms with Crippen molar-refractivity contribution in [1.29, 1.82) is 0 Å². The van der Waals surface area contributed by atoms with E-state index in [1.165, 1.54) is 0 Å². The fourth-order valence-corrected chi connectivity index (χ4v) is 2.85. The topological polar surface area (TPSA) is 58.8 Å². The number of rotatable bonds is 2. The Morgan fingerprint density at radius 3 is 2.67 bits per heavy atom. The van der Waals surface area contributed by atoms with Crippen molar-refractivity contribution in [3.8, 4) is 0 Å². The highest BCUT2D eigenvalue weighted by Crippen LogP contribution is 2.31. The molecular weight excluding hydrogens is 266 g/mol. The van der Waals surface area contributed by atoms with Crippen LogP contribution in [0.2, 0.25) is 0 Å². The van der Waals surface area contributed by atoms with Crippen molar-refractivity contribution in [2.45, 2.75) is 32.5 Å². The van der Waals surface area contributed by atoms with Crippen LogP contribution in [0.1, 0.15) is 31.1 Å². The van der Waals surface area contributed by atoms with Gasteiger partial charge in [0.2, 0.25) is 0 Å². The molecule has 1 unspecified atom stereocenters. The maximum atomic E-state index is 12.1. The number of nitrogen functional groups attached to an aromatic ring is 1. The molecule has 21 heavy (non-hydrogen) atoms. The first-order chi connectivity index (χ1) is 9.69. The van der Waals surface area contributed by atoms with Crippen LogP contribution in [-0.4, -0.2) is 49.7 Å². The molecule has 1 heterocycles. The van der Waals surface area contributed by atoms with Crippen LogP contribution in [0.3, 0.4) is 0 Å². The summed E-state index contributed by atoms with van der Waals surface area (Å²) in [4.78, 5) is 15.9. The summed E-state index contributed by atoms with van der Waals surface area (Å²) in [6, 6.07) is 5.46. The maximum Gasteiger partial charge on any atom is 0.253 e. The van der Waals surface area contributed by atoms with E-state index in [0.717, 1.165) is 18.8 Å². The van der Waals surface area contributed by atoms with E-state index in [1.807, 2.05) is 6.07 Å². The normalized spacial score (nSPS) is 21.2. The zero-order chi connectivity index (χ0) is 15.8. The van der Waals surface area contributed by atoms with Crippen LogP contribution in [0.25, 0.3) is 0 Å². The van der Waals surface area contributed by atoms with Gasteiger partial charge in [0.05, 0.1) is 23.1 Å². The summed E-state index contributed by atoms with van der Waals surface area (Å²) >= 11 is 0. The molecule has 1 aliphatic rings. The molecule has 1 aromatic carbocycles. The van der Waals surface area contributed by atoms with E-state index in [4.69, 9.17) is 10.5 Å². The van der Waals surface area contributed by atoms with Gasteiger partial charge in [0, 0.05) is 32.7 Å². The number of benzene rings is 1. The molecule has 0 aromatic heterocycles. The first-order valence-corrected chi connectivity index (χ1v) is 7.23. The first-order valence-electron chi connectivity index (χ1n) is 7.23. The lowest BCUT2D eigenvalue weighted by Gasteiger charge is -2.43. The van der Waals surface area contributed by atoms with E-state index in [0.29, 0.717) is 11.3 Å². The average molecular weight is 291 g/mol. The van der Waals surface area contributed by atoms with Crippen molar-refractivity contribution >= 4 is 17.3 Å². The number of carbonyl (C=O) groups is 1. The summed E-state index contributed by atoms with van der Waals surface area (Å²) in [5.74, 6) is -0.0168. The second-order valence-electron chi connectivity index (χ2n) is 6.54. The smallest absolute Gasteiger partial charge is 0.253 e. The fourth-order valence-electron chi connectivity index (χ4n) is 2.85. The lowest BCUT2D eigenvalue weighted by molar-refractivity contribution is -0.0749. The van der Waals surface area contributed by atoms with Gasteiger partial charge >= 0.3 is 0 Å². The van der Waals surface area contributed by atoms with E-state index >= 15 is 0 Å². The minimum absolute atomic E-state index is 0.0168. The standard InChI is InChI=1S/C16H25N3O2/c1-11-9-19(10-16(2,3)21-11)14-8-12(6-7-13(14)17)15(20)18(4)5/h6-8,11H,9-10,17H2,1-5H3. The van der Waals surface area contributed by atoms with E-state index in [-0.39, 0.29) is 17.6 Å². The van der Waals surface area contributed by atoms with Crippen LogP contribution >= 0.6 is 0 Å². The van der Waals surface area contributed by atoms with Gasteiger partial charge in [-0.1, -0.05) is 0 Å². The SMILES string of the molecule is CC1CN(c2cc(C(=O)N(C)C)ccc2N)CC(C)(C)O1. The molecule has 5 nitrogen and oxygen atoms in total. The number of carbonyl (C=O) groups excluding carboxylic acids is 1. The van der Waals surface area contributed by atoms with Gasteiger partial charge in [-0.05, 0) is 39.0 Å². The predicted octanol–water partition coefficient (Wildman–Crippen LogP) is 1.97. The van der Waals surface area contributed by atoms with Crippen molar-refractivity contribution in [1.82, 2.24) is 4.90 Å². The Morgan fingerprint density at radius 1 is 1.43 bits per heavy atom. The lowest BCUT2D eigenvalue weighted by atomic mass is 10.0. The Bertz CT molecular complexity index is 540. The highest BCUT2D eigenvalue weighted by atomic mass is 16.5. The number of nitrogens with zero attached hydrogens (tertiary/aromatic N) is 2. The van der Waals surface area contributed by atoms with Gasteiger partial charge in [0.1, 0.15) is 0 Å². The van der Waals surface area contributed by atoms with Gasteiger partial charge in [-0.15, -0.1) is 0 Å². The number of hydrogen-bond donors (Lipinski definition) is 1. The lowest BCUT2D eigenvalue weighted by Crippen LogP contribution is -2.52. The van der Waals surface area contributed by atoms with Crippen molar-refractivity contribution in [2.75, 3.05) is 37.8 Å². The summed E-state index contributed by atoms with van der Waals surface area (Å²) < 4.78 is 5.92. The molecule has 0 bridgehead atoms. The van der Waals surface area contributed by atoms with E-state index in [2.05, 4.69) is 25.7 Å². The summed E-state index contributed by atoms with van der Waals surface area (Å²) in [5, 5.41) is 0. The van der Waals surface area contributed by atoms with Gasteiger partial charge in [-0.2, -0.15) is 0 Å². The fraction of sp³-hybridized carbons (Fsp3) is 0.562. The Labute approximate surface area is 126 Å². The largest absolute Gasteiger partial charge is 0.397 e. The molecule has 1 aromatic rings. The zero-order valence-electron chi connectivity index (χ0n) is 13.5. The van der Waals surface area contributed by atoms with E-state index < -0.39 is 0 Å². The molecule has 0 saturated carbocycles. The van der Waals surface area contributed by atoms with Crippen LogP contribution in [0.5, 0.6) is 0 Å². The Morgan fingerprint density at radius 2 is 2.10 bits per heavy atom. The van der Waals surface area contributed by atoms with Crippen molar-refractivity contribution in [3.05, 3.63) is 23.8 Å². The Balaban J connectivity index is 2.34. The molecule has 0 aliphatic carbocycles. The third kappa shape index (κ3) is 3.47. The summed E-state index contributed by atoms with van der Waals surface area (Å²) in [6.07, 6.45) is 0.126. The van der Waals surface area contributed by atoms with Crippen LogP contribution in [-0.2, 0) is 4.74 Å². The Hall–Kier alpha value is -1.75. The maximum absolute atomic E-state index is 12.1. The Kier molecular flexibility index (Phi) is 4.14. The molecule has 2 rings (SSSR count). The summed E-state index contributed by atoms with van der Waals surface area (Å²) in [6.45, 7) is 7.72. The number of amides is 1. The van der Waals surface area contributed by atoms with Crippen LogP contribution in [0.4, 0.5) is 11.4 Å². The highest BCUT2D eigenvalue weighted by molar-refractivity contribution is 5.96. The summed E-state index contributed by atoms with van der Waals surface area (Å²) in [5.41, 5.74) is 8.14. The predicted molar refractivity (Wildman–Crippen MR) is 85.7 cm³/mol. The minimum Gasteiger partial charge on any atom is -0.397 e. The second-order valence-corrected chi connectivity index (χ2v) is 6.54. The molecule has 2 N–H and O–H groups in total. The van der Waals surface area contributed by atoms with Gasteiger partial charge in [0.25, 0.3) is 5.91 Å². The van der Waals surface area contributed by atoms with E-state index in [9.17, 15) is 4.79 Å². The van der Waals surface area contributed by atoms with Crippen LogP contribution in [0.15, 0.2) is 18.2 Å². The highest BCUT2D eigenvalue weighted by Gasteiger charge is 2.32. The second kappa shape index (κ2) is 5.56. The van der Waals surface area contributed by atoms with Crippen molar-refractivity contribution in [3.63, 3.8) is 0 Å². The molecule has 1 fully saturated rings. The number of anilines is 2. The molecular formula is C16H25N3O2. The molecule has 0 radical (unpaired) electrons. The quantitative estimate of drug-likeness (QED) is 0.846. The van der Waals surface area contributed by atoms with Crippen LogP contribution < -0.4 is 10.6 Å². The minimum atomic E-state index is -0.230. The average Bonchev–Trinajstić information content (AvgIpc) is 2.35. The molecule has 0 spiro atoms. The number of ether oxygens (including phenoxy) is 1. The van der Waals surface area contributed by atoms with E-state index in [1.54, 1.807) is 31.1 Å². The number of morpholine rings is 1. The van der Waals surface area contributed by atoms with Crippen LogP contribution in [0, 0.1) is 0 Å². The zero-order valence-corrected chi connectivity index (χ0v) is 13.5. The van der Waals surface area contributed by atoms with Gasteiger partial charge in [-0.25, -0.2) is 0 Å². The third-order valence-electron chi connectivity index (χ3n) is 3.59. The third-order valence-corrected chi connectivity index (χ3v) is 3.59. The molecule has 5 heteroatoms. The number of hydrogen-bond acceptors (Lipinski definition) is 4. The monoisotopic (exact) mass is 291 g/mol. The van der Waals surface area contributed by atoms with Gasteiger partial charge in [0.15, 0.2) is 0 Å². The first kappa shape index (κ1) is 15.6. The van der Waals surface area contributed by atoms with Gasteiger partial charge in [-0.3, -0.25) is 4.79 Å². The molecule has 116 valence electrons. The molecule has 1 amide bonds. The number of nitrogens with two attached hydrogens (primary N) is 1. The molecule has 1 atom stereocenters. The van der Waals surface area contributed by atoms with Crippen molar-refractivity contribution < 1.29 is 9.53 Å².